The molecule has 2 aliphatic heterocycles. The van der Waals surface area contributed by atoms with Crippen LogP contribution in [-0.2, 0) is 26.8 Å². The number of nitrogens with one attached hydrogen (secondary N) is 1. The molecule has 1 fully saturated rings. The van der Waals surface area contributed by atoms with Crippen molar-refractivity contribution in [2.45, 2.75) is 38.3 Å². The van der Waals surface area contributed by atoms with E-state index in [2.05, 4.69) is 5.32 Å². The number of hydrogen-bond donors (Lipinski definition) is 1. The number of carbonyl (C=O) groups excluding carboxylic acids is 3. The van der Waals surface area contributed by atoms with E-state index in [1.54, 1.807) is 42.5 Å². The summed E-state index contributed by atoms with van der Waals surface area (Å²) in [5.41, 5.74) is 1.12. The van der Waals surface area contributed by atoms with Crippen LogP contribution in [0.2, 0.25) is 0 Å². The number of carbonyl (C=O) groups is 3. The number of ketones is 1. The first-order valence-corrected chi connectivity index (χ1v) is 12.3. The number of nitrogens with zero attached hydrogens (tertiary/aromatic N) is 2. The molecule has 0 saturated carbocycles. The molecule has 0 bridgehead atoms. The van der Waals surface area contributed by atoms with Crippen LogP contribution in [0.5, 0.6) is 0 Å². The molecule has 1 saturated heterocycles. The van der Waals surface area contributed by atoms with E-state index in [1.165, 1.54) is 4.31 Å². The summed E-state index contributed by atoms with van der Waals surface area (Å²) in [5.74, 6) is -0.843. The first-order valence-electron chi connectivity index (χ1n) is 10.4. The summed E-state index contributed by atoms with van der Waals surface area (Å²) in [6.45, 7) is 3.23. The fourth-order valence-corrected chi connectivity index (χ4v) is 5.91. The number of fused-ring (bicyclic) bond motifs is 1. The van der Waals surface area contributed by atoms with Gasteiger partial charge in [-0.1, -0.05) is 37.3 Å². The third-order valence-corrected chi connectivity index (χ3v) is 7.46. The molecular weight excluding hydrogens is 430 g/mol. The molecule has 0 spiro atoms. The summed E-state index contributed by atoms with van der Waals surface area (Å²) in [5, 5.41) is 2.77. The van der Waals surface area contributed by atoms with Gasteiger partial charge >= 0.3 is 6.03 Å². The lowest BCUT2D eigenvalue weighted by Gasteiger charge is -2.25. The molecule has 2 atom stereocenters. The monoisotopic (exact) mass is 455 g/mol. The highest BCUT2D eigenvalue weighted by Crippen LogP contribution is 2.35. The number of urea groups is 1. The molecule has 8 nitrogen and oxygen atoms in total. The molecule has 2 heterocycles. The van der Waals surface area contributed by atoms with Crippen molar-refractivity contribution in [2.24, 2.45) is 0 Å². The van der Waals surface area contributed by atoms with Crippen molar-refractivity contribution >= 4 is 33.4 Å². The number of benzene rings is 2. The topological polar surface area (TPSA) is 104 Å². The largest absolute Gasteiger partial charge is 0.325 e. The zero-order valence-corrected chi connectivity index (χ0v) is 19.0. The van der Waals surface area contributed by atoms with Crippen LogP contribution in [0.1, 0.15) is 41.8 Å². The lowest BCUT2D eigenvalue weighted by molar-refractivity contribution is -0.131. The van der Waals surface area contributed by atoms with Gasteiger partial charge in [-0.25, -0.2) is 13.2 Å². The predicted octanol–water partition coefficient (Wildman–Crippen LogP) is 2.44. The van der Waals surface area contributed by atoms with E-state index in [4.69, 9.17) is 0 Å². The molecule has 32 heavy (non-hydrogen) atoms. The van der Waals surface area contributed by atoms with Crippen LogP contribution in [0.4, 0.5) is 10.5 Å². The van der Waals surface area contributed by atoms with Crippen molar-refractivity contribution in [3.8, 4) is 0 Å². The highest BCUT2D eigenvalue weighted by Gasteiger charge is 2.51. The third kappa shape index (κ3) is 3.46. The first-order chi connectivity index (χ1) is 15.1. The Labute approximate surface area is 187 Å². The van der Waals surface area contributed by atoms with Crippen molar-refractivity contribution in [1.29, 1.82) is 0 Å². The molecule has 0 aliphatic carbocycles. The predicted molar refractivity (Wildman–Crippen MR) is 120 cm³/mol. The maximum atomic E-state index is 13.2. The van der Waals surface area contributed by atoms with Gasteiger partial charge in [-0.05, 0) is 49.1 Å². The minimum Gasteiger partial charge on any atom is -0.319 e. The van der Waals surface area contributed by atoms with Crippen LogP contribution < -0.4 is 9.62 Å². The maximum absolute atomic E-state index is 13.2. The van der Waals surface area contributed by atoms with Crippen molar-refractivity contribution in [2.75, 3.05) is 17.1 Å². The number of anilines is 1. The van der Waals surface area contributed by atoms with Gasteiger partial charge in [0.2, 0.25) is 10.0 Å². The Balaban J connectivity index is 1.58. The number of rotatable bonds is 6. The molecule has 0 radical (unpaired) electrons. The molecule has 3 amide bonds. The number of sulfonamides is 1. The molecule has 2 aromatic carbocycles. The van der Waals surface area contributed by atoms with Gasteiger partial charge in [0.15, 0.2) is 5.78 Å². The van der Waals surface area contributed by atoms with Crippen LogP contribution in [0.3, 0.4) is 0 Å². The molecule has 4 rings (SSSR count). The van der Waals surface area contributed by atoms with Crippen molar-refractivity contribution in [3.63, 3.8) is 0 Å². The molecule has 2 aromatic rings. The van der Waals surface area contributed by atoms with E-state index < -0.39 is 27.5 Å². The molecule has 9 heteroatoms. The van der Waals surface area contributed by atoms with E-state index in [9.17, 15) is 22.8 Å². The Morgan fingerprint density at radius 2 is 1.84 bits per heavy atom. The van der Waals surface area contributed by atoms with Gasteiger partial charge in [0.05, 0.1) is 18.5 Å². The van der Waals surface area contributed by atoms with E-state index in [0.717, 1.165) is 16.7 Å². The molecule has 2 aliphatic rings. The second-order valence-electron chi connectivity index (χ2n) is 8.32. The van der Waals surface area contributed by atoms with Gasteiger partial charge in [-0.15, -0.1) is 0 Å². The number of hydrogen-bond acceptors (Lipinski definition) is 5. The summed E-state index contributed by atoms with van der Waals surface area (Å²) in [4.78, 5) is 39.8. The van der Waals surface area contributed by atoms with E-state index in [-0.39, 0.29) is 18.4 Å². The van der Waals surface area contributed by atoms with Gasteiger partial charge in [-0.2, -0.15) is 0 Å². The van der Waals surface area contributed by atoms with Crippen molar-refractivity contribution in [3.05, 3.63) is 65.2 Å². The summed E-state index contributed by atoms with van der Waals surface area (Å²) < 4.78 is 25.6. The van der Waals surface area contributed by atoms with Crippen LogP contribution in [0, 0.1) is 0 Å². The second kappa shape index (κ2) is 7.74. The van der Waals surface area contributed by atoms with Crippen LogP contribution >= 0.6 is 0 Å². The smallest absolute Gasteiger partial charge is 0.319 e. The Hall–Kier alpha value is -3.20. The minimum absolute atomic E-state index is 0.243. The summed E-state index contributed by atoms with van der Waals surface area (Å²) in [6.07, 6.45) is 1.99. The molecule has 0 aromatic heterocycles. The van der Waals surface area contributed by atoms with Gasteiger partial charge < -0.3 is 5.32 Å². The minimum atomic E-state index is -3.43. The van der Waals surface area contributed by atoms with Gasteiger partial charge in [0.25, 0.3) is 5.91 Å². The van der Waals surface area contributed by atoms with Crippen LogP contribution in [0.15, 0.2) is 48.5 Å². The number of imide groups is 1. The Morgan fingerprint density at radius 1 is 1.16 bits per heavy atom. The zero-order chi connectivity index (χ0) is 23.3. The SMILES string of the molecule is CC[C@@]1(c2ccccc2)NC(=O)N(CC(=O)c2ccc3c(c2)C[C@H](C)N3S(C)(=O)=O)C1=O. The van der Waals surface area contributed by atoms with E-state index in [1.807, 2.05) is 19.9 Å². The standard InChI is InChI=1S/C23H25N3O5S/c1-4-23(18-8-6-5-7-9-18)21(28)25(22(29)24-23)14-20(27)16-10-11-19-17(13-16)12-15(2)26(19)32(3,30)31/h5-11,13,15H,4,12,14H2,1-3H3,(H,24,29)/t15-,23-/m0/s1. The molecule has 168 valence electrons. The molecule has 0 unspecified atom stereocenters. The zero-order valence-electron chi connectivity index (χ0n) is 18.2. The maximum Gasteiger partial charge on any atom is 0.325 e. The van der Waals surface area contributed by atoms with Crippen molar-refractivity contribution < 1.29 is 22.8 Å². The average Bonchev–Trinajstić information content (AvgIpc) is 3.22. The Morgan fingerprint density at radius 3 is 2.47 bits per heavy atom. The molecule has 1 N–H and O–H groups in total. The fourth-order valence-electron chi connectivity index (χ4n) is 4.65. The summed E-state index contributed by atoms with van der Waals surface area (Å²) >= 11 is 0. The fraction of sp³-hybridized carbons (Fsp3) is 0.348. The van der Waals surface area contributed by atoms with Crippen molar-refractivity contribution in [1.82, 2.24) is 10.2 Å². The Bertz CT molecular complexity index is 1210. The average molecular weight is 456 g/mol. The van der Waals surface area contributed by atoms with Gasteiger partial charge in [-0.3, -0.25) is 18.8 Å². The van der Waals surface area contributed by atoms with Crippen LogP contribution in [-0.4, -0.2) is 49.9 Å². The first kappa shape index (κ1) is 22.0. The number of Topliss-reactive ketones (excluding diaryl/α,β-unsaturated/α-hetero) is 1. The highest BCUT2D eigenvalue weighted by molar-refractivity contribution is 7.92. The molecular formula is C23H25N3O5S. The lowest BCUT2D eigenvalue weighted by atomic mass is 9.87. The summed E-state index contributed by atoms with van der Waals surface area (Å²) in [6, 6.07) is 12.9. The summed E-state index contributed by atoms with van der Waals surface area (Å²) in [7, 11) is -3.43. The van der Waals surface area contributed by atoms with E-state index >= 15 is 0 Å². The van der Waals surface area contributed by atoms with Gasteiger partial charge in [0.1, 0.15) is 5.54 Å². The lowest BCUT2D eigenvalue weighted by Crippen LogP contribution is -2.43. The van der Waals surface area contributed by atoms with Gasteiger partial charge in [0, 0.05) is 11.6 Å². The quantitative estimate of drug-likeness (QED) is 0.532. The van der Waals surface area contributed by atoms with Crippen LogP contribution in [0.25, 0.3) is 0 Å². The third-order valence-electron chi connectivity index (χ3n) is 6.19. The Kier molecular flexibility index (Phi) is 5.32. The highest BCUT2D eigenvalue weighted by atomic mass is 32.2. The van der Waals surface area contributed by atoms with E-state index in [0.29, 0.717) is 29.7 Å². The number of amides is 3. The normalized spacial score (nSPS) is 22.8. The second-order valence-corrected chi connectivity index (χ2v) is 10.2.